The molecule has 0 amide bonds. The van der Waals surface area contributed by atoms with Crippen LogP contribution in [0.3, 0.4) is 0 Å². The van der Waals surface area contributed by atoms with Crippen LogP contribution in [0.5, 0.6) is 0 Å². The van der Waals surface area contributed by atoms with E-state index in [0.717, 1.165) is 11.1 Å². The number of aryl methyl sites for hydroxylation is 2. The number of hydrogen-bond donors (Lipinski definition) is 1. The van der Waals surface area contributed by atoms with Crippen molar-refractivity contribution in [1.29, 1.82) is 0 Å². The van der Waals surface area contributed by atoms with E-state index in [4.69, 9.17) is 0 Å². The Labute approximate surface area is 184 Å². The minimum atomic E-state index is -4.31. The number of fused-ring (bicyclic) bond motifs is 1. The molecule has 0 aromatic heterocycles. The summed E-state index contributed by atoms with van der Waals surface area (Å²) in [7, 11) is -4.31. The number of rotatable bonds is 8. The molecular weight excluding hydrogens is 412 g/mol. The second kappa shape index (κ2) is 9.06. The SMILES string of the molecule is CCCN(CCC)C1=C(S(=O)(=O)Nc2cc(C)cc(C)c2)C(=O)c2ccccc2C1=O. The number of nitrogens with one attached hydrogen (secondary N) is 1. The number of nitrogens with zero attached hydrogens (tertiary/aromatic N) is 1. The van der Waals surface area contributed by atoms with Gasteiger partial charge < -0.3 is 4.90 Å². The normalized spacial score (nSPS) is 13.9. The zero-order chi connectivity index (χ0) is 22.8. The number of Topliss-reactive ketones (excluding diaryl/α,β-unsaturated/α-hetero) is 2. The van der Waals surface area contributed by atoms with E-state index in [0.29, 0.717) is 31.6 Å². The van der Waals surface area contributed by atoms with Gasteiger partial charge in [-0.15, -0.1) is 0 Å². The molecule has 1 aliphatic rings. The zero-order valence-corrected chi connectivity index (χ0v) is 19.2. The monoisotopic (exact) mass is 440 g/mol. The van der Waals surface area contributed by atoms with E-state index >= 15 is 0 Å². The lowest BCUT2D eigenvalue weighted by Gasteiger charge is -2.31. The molecule has 2 aromatic rings. The minimum absolute atomic E-state index is 0.0377. The molecule has 0 saturated carbocycles. The number of carbonyl (C=O) groups is 2. The third-order valence-corrected chi connectivity index (χ3v) is 6.52. The van der Waals surface area contributed by atoms with Gasteiger partial charge in [-0.05, 0) is 49.9 Å². The van der Waals surface area contributed by atoms with Gasteiger partial charge in [0.1, 0.15) is 5.70 Å². The Kier molecular flexibility index (Phi) is 6.65. The zero-order valence-electron chi connectivity index (χ0n) is 18.4. The van der Waals surface area contributed by atoms with Crippen molar-refractivity contribution < 1.29 is 18.0 Å². The van der Waals surface area contributed by atoms with Crippen molar-refractivity contribution in [3.05, 3.63) is 75.3 Å². The molecule has 7 heteroatoms. The van der Waals surface area contributed by atoms with Gasteiger partial charge in [0.05, 0.1) is 0 Å². The number of benzene rings is 2. The number of anilines is 1. The van der Waals surface area contributed by atoms with Gasteiger partial charge in [-0.3, -0.25) is 14.3 Å². The van der Waals surface area contributed by atoms with Crippen LogP contribution in [0.2, 0.25) is 0 Å². The van der Waals surface area contributed by atoms with Crippen LogP contribution in [0.1, 0.15) is 58.5 Å². The van der Waals surface area contributed by atoms with Gasteiger partial charge in [0, 0.05) is 29.9 Å². The second-order valence-electron chi connectivity index (χ2n) is 7.85. The molecule has 164 valence electrons. The van der Waals surface area contributed by atoms with Crippen molar-refractivity contribution in [2.75, 3.05) is 17.8 Å². The Balaban J connectivity index is 2.22. The smallest absolute Gasteiger partial charge is 0.268 e. The van der Waals surface area contributed by atoms with Gasteiger partial charge in [0.25, 0.3) is 10.0 Å². The van der Waals surface area contributed by atoms with Crippen LogP contribution in [-0.4, -0.2) is 38.0 Å². The molecule has 0 spiro atoms. The van der Waals surface area contributed by atoms with Crippen LogP contribution in [0.25, 0.3) is 0 Å². The largest absolute Gasteiger partial charge is 0.367 e. The van der Waals surface area contributed by atoms with E-state index in [2.05, 4.69) is 4.72 Å². The number of carbonyl (C=O) groups excluding carboxylic acids is 2. The Morgan fingerprint density at radius 2 is 1.35 bits per heavy atom. The highest BCUT2D eigenvalue weighted by Gasteiger charge is 2.41. The Hall–Kier alpha value is -2.93. The number of allylic oxidation sites excluding steroid dienone is 2. The molecule has 1 aliphatic carbocycles. The van der Waals surface area contributed by atoms with E-state index in [9.17, 15) is 18.0 Å². The van der Waals surface area contributed by atoms with Gasteiger partial charge >= 0.3 is 0 Å². The van der Waals surface area contributed by atoms with Crippen LogP contribution in [0, 0.1) is 13.8 Å². The standard InChI is InChI=1S/C24H28N2O4S/c1-5-11-26(12-6-2)21-22(27)19-9-7-8-10-20(19)23(28)24(21)31(29,30)25-18-14-16(3)13-17(4)15-18/h7-10,13-15,25H,5-6,11-12H2,1-4H3. The van der Waals surface area contributed by atoms with Gasteiger partial charge in [0.15, 0.2) is 4.91 Å². The van der Waals surface area contributed by atoms with E-state index in [-0.39, 0.29) is 16.8 Å². The van der Waals surface area contributed by atoms with E-state index < -0.39 is 26.5 Å². The number of hydrogen-bond acceptors (Lipinski definition) is 5. The maximum absolute atomic E-state index is 13.5. The van der Waals surface area contributed by atoms with Crippen LogP contribution < -0.4 is 4.72 Å². The lowest BCUT2D eigenvalue weighted by atomic mass is 9.91. The first kappa shape index (κ1) is 22.7. The van der Waals surface area contributed by atoms with Gasteiger partial charge in [-0.2, -0.15) is 0 Å². The lowest BCUT2D eigenvalue weighted by molar-refractivity contribution is 0.0946. The highest BCUT2D eigenvalue weighted by atomic mass is 32.2. The fraction of sp³-hybridized carbons (Fsp3) is 0.333. The van der Waals surface area contributed by atoms with Crippen LogP contribution in [0.15, 0.2) is 53.1 Å². The molecule has 0 atom stereocenters. The summed E-state index contributed by atoms with van der Waals surface area (Å²) in [5.41, 5.74) is 2.46. The minimum Gasteiger partial charge on any atom is -0.367 e. The molecule has 0 saturated heterocycles. The van der Waals surface area contributed by atoms with Crippen molar-refractivity contribution in [3.8, 4) is 0 Å². The summed E-state index contributed by atoms with van der Waals surface area (Å²) in [5, 5.41) is 0. The molecule has 0 radical (unpaired) electrons. The first-order chi connectivity index (χ1) is 14.7. The highest BCUT2D eigenvalue weighted by molar-refractivity contribution is 7.97. The topological polar surface area (TPSA) is 83.6 Å². The summed E-state index contributed by atoms with van der Waals surface area (Å²) in [6.45, 7) is 8.60. The molecule has 3 rings (SSSR count). The fourth-order valence-corrected chi connectivity index (χ4v) is 5.35. The van der Waals surface area contributed by atoms with Gasteiger partial charge in [-0.1, -0.05) is 44.2 Å². The molecule has 2 aromatic carbocycles. The average molecular weight is 441 g/mol. The van der Waals surface area contributed by atoms with Crippen molar-refractivity contribution in [2.24, 2.45) is 0 Å². The Morgan fingerprint density at radius 1 is 0.839 bits per heavy atom. The fourth-order valence-electron chi connectivity index (χ4n) is 3.99. The van der Waals surface area contributed by atoms with Gasteiger partial charge in [0.2, 0.25) is 11.6 Å². The molecular formula is C24H28N2O4S. The second-order valence-corrected chi connectivity index (χ2v) is 9.47. The van der Waals surface area contributed by atoms with Crippen molar-refractivity contribution in [3.63, 3.8) is 0 Å². The summed E-state index contributed by atoms with van der Waals surface area (Å²) in [5.74, 6) is -1.09. The first-order valence-corrected chi connectivity index (χ1v) is 12.0. The molecule has 0 aliphatic heterocycles. The highest BCUT2D eigenvalue weighted by Crippen LogP contribution is 2.32. The maximum atomic E-state index is 13.5. The lowest BCUT2D eigenvalue weighted by Crippen LogP contribution is -2.38. The Bertz CT molecular complexity index is 1140. The van der Waals surface area contributed by atoms with E-state index in [1.54, 1.807) is 35.2 Å². The van der Waals surface area contributed by atoms with Gasteiger partial charge in [-0.25, -0.2) is 8.42 Å². The first-order valence-electron chi connectivity index (χ1n) is 10.5. The summed E-state index contributed by atoms with van der Waals surface area (Å²) < 4.78 is 29.5. The third-order valence-electron chi connectivity index (χ3n) is 5.10. The average Bonchev–Trinajstić information content (AvgIpc) is 2.69. The summed E-state index contributed by atoms with van der Waals surface area (Å²) in [4.78, 5) is 28.1. The molecule has 0 heterocycles. The third kappa shape index (κ3) is 4.56. The molecule has 0 fully saturated rings. The van der Waals surface area contributed by atoms with E-state index in [1.165, 1.54) is 6.07 Å². The predicted molar refractivity (Wildman–Crippen MR) is 123 cm³/mol. The molecule has 1 N–H and O–H groups in total. The predicted octanol–water partition coefficient (Wildman–Crippen LogP) is 4.46. The van der Waals surface area contributed by atoms with E-state index in [1.807, 2.05) is 33.8 Å². The van der Waals surface area contributed by atoms with Crippen LogP contribution in [0.4, 0.5) is 5.69 Å². The summed E-state index contributed by atoms with van der Waals surface area (Å²) in [6, 6.07) is 11.7. The van der Waals surface area contributed by atoms with Crippen LogP contribution >= 0.6 is 0 Å². The van der Waals surface area contributed by atoms with Crippen LogP contribution in [-0.2, 0) is 10.0 Å². The number of ketones is 2. The summed E-state index contributed by atoms with van der Waals surface area (Å²) >= 11 is 0. The quantitative estimate of drug-likeness (QED) is 0.655. The molecule has 6 nitrogen and oxygen atoms in total. The molecule has 0 bridgehead atoms. The molecule has 0 unspecified atom stereocenters. The van der Waals surface area contributed by atoms with Crippen molar-refractivity contribution >= 4 is 27.3 Å². The van der Waals surface area contributed by atoms with Crippen molar-refractivity contribution in [2.45, 2.75) is 40.5 Å². The summed E-state index contributed by atoms with van der Waals surface area (Å²) in [6.07, 6.45) is 1.43. The maximum Gasteiger partial charge on any atom is 0.268 e. The molecule has 31 heavy (non-hydrogen) atoms. The number of sulfonamides is 1. The Morgan fingerprint density at radius 3 is 1.87 bits per heavy atom. The van der Waals surface area contributed by atoms with Crippen molar-refractivity contribution in [1.82, 2.24) is 4.90 Å².